The summed E-state index contributed by atoms with van der Waals surface area (Å²) in [6, 6.07) is 9.59. The predicted molar refractivity (Wildman–Crippen MR) is 148 cm³/mol. The molecule has 3 aliphatic rings. The number of benzene rings is 2. The molecule has 0 saturated carbocycles. The number of fused-ring (bicyclic) bond motifs is 2. The summed E-state index contributed by atoms with van der Waals surface area (Å²) in [6.45, 7) is 3.18. The van der Waals surface area contributed by atoms with Crippen LogP contribution in [0.5, 0.6) is 11.5 Å². The Balaban J connectivity index is 1.16. The molecule has 0 aliphatic carbocycles. The molecule has 2 aromatic carbocycles. The minimum absolute atomic E-state index is 0.123. The fourth-order valence-corrected chi connectivity index (χ4v) is 5.60. The molecule has 4 heterocycles. The van der Waals surface area contributed by atoms with Crippen LogP contribution in [0.2, 0.25) is 0 Å². The Morgan fingerprint density at radius 2 is 1.98 bits per heavy atom. The maximum Gasteiger partial charge on any atom is 0.409 e. The van der Waals surface area contributed by atoms with Gasteiger partial charge in [-0.15, -0.1) is 0 Å². The lowest BCUT2D eigenvalue weighted by Gasteiger charge is -2.36. The Labute approximate surface area is 238 Å². The Morgan fingerprint density at radius 3 is 2.73 bits per heavy atom. The number of halogens is 2. The number of ether oxygens (including phenoxy) is 3. The molecule has 6 rings (SSSR count). The number of piperidine rings is 1. The van der Waals surface area contributed by atoms with Crippen LogP contribution in [0.1, 0.15) is 25.3 Å². The number of carbonyl (C=O) groups excluding carboxylic acids is 2. The zero-order chi connectivity index (χ0) is 28.0. The van der Waals surface area contributed by atoms with E-state index in [0.29, 0.717) is 65.6 Å². The van der Waals surface area contributed by atoms with E-state index >= 15 is 0 Å². The van der Waals surface area contributed by atoms with Crippen LogP contribution < -0.4 is 24.6 Å². The van der Waals surface area contributed by atoms with Crippen molar-refractivity contribution in [3.05, 3.63) is 58.4 Å². The van der Waals surface area contributed by atoms with Crippen LogP contribution in [0.3, 0.4) is 0 Å². The first-order valence-electron chi connectivity index (χ1n) is 12.8. The van der Waals surface area contributed by atoms with Crippen LogP contribution in [0.25, 0.3) is 0 Å². The average molecular weight is 613 g/mol. The Hall–Kier alpha value is -4.13. The summed E-state index contributed by atoms with van der Waals surface area (Å²) in [6.07, 6.45) is 2.31. The third kappa shape index (κ3) is 4.63. The van der Waals surface area contributed by atoms with Gasteiger partial charge in [0.25, 0.3) is 5.79 Å². The van der Waals surface area contributed by atoms with Crippen LogP contribution in [-0.2, 0) is 11.3 Å². The molecule has 0 atom stereocenters. The van der Waals surface area contributed by atoms with Crippen LogP contribution in [-0.4, -0.2) is 59.5 Å². The molecule has 0 radical (unpaired) electrons. The van der Waals surface area contributed by atoms with Crippen molar-refractivity contribution in [1.29, 1.82) is 0 Å². The quantitative estimate of drug-likeness (QED) is 0.416. The minimum Gasteiger partial charge on any atom is -0.450 e. The van der Waals surface area contributed by atoms with E-state index in [1.54, 1.807) is 43.3 Å². The second kappa shape index (κ2) is 10.1. The molecular formula is C27H26BrFN6O5. The van der Waals surface area contributed by atoms with Crippen molar-refractivity contribution in [2.45, 2.75) is 32.1 Å². The van der Waals surface area contributed by atoms with Crippen LogP contribution in [0, 0.1) is 5.82 Å². The number of hydrogen-bond donors (Lipinski definition) is 1. The van der Waals surface area contributed by atoms with E-state index in [1.165, 1.54) is 15.9 Å². The summed E-state index contributed by atoms with van der Waals surface area (Å²) in [7, 11) is 1.59. The van der Waals surface area contributed by atoms with E-state index in [1.807, 2.05) is 12.1 Å². The normalized spacial score (nSPS) is 17.2. The lowest BCUT2D eigenvalue weighted by Crippen LogP contribution is -2.51. The zero-order valence-electron chi connectivity index (χ0n) is 21.8. The highest BCUT2D eigenvalue weighted by Gasteiger charge is 2.45. The number of hydrogen-bond acceptors (Lipinski definition) is 8. The number of para-hydroxylation sites is 1. The van der Waals surface area contributed by atoms with Gasteiger partial charge in [0, 0.05) is 61.0 Å². The molecule has 0 unspecified atom stereocenters. The van der Waals surface area contributed by atoms with Gasteiger partial charge in [-0.3, -0.25) is 9.80 Å². The van der Waals surface area contributed by atoms with Crippen molar-refractivity contribution in [1.82, 2.24) is 14.9 Å². The molecule has 1 aromatic heterocycles. The molecule has 1 saturated heterocycles. The van der Waals surface area contributed by atoms with Gasteiger partial charge in [-0.2, -0.15) is 4.98 Å². The summed E-state index contributed by atoms with van der Waals surface area (Å²) in [5.41, 5.74) is 1.51. The van der Waals surface area contributed by atoms with Gasteiger partial charge in [-0.1, -0.05) is 6.07 Å². The summed E-state index contributed by atoms with van der Waals surface area (Å²) >= 11 is 3.34. The summed E-state index contributed by atoms with van der Waals surface area (Å²) < 4.78 is 32.5. The number of nitrogens with one attached hydrogen (secondary N) is 1. The van der Waals surface area contributed by atoms with Gasteiger partial charge in [0.1, 0.15) is 11.6 Å². The van der Waals surface area contributed by atoms with E-state index in [4.69, 9.17) is 14.2 Å². The van der Waals surface area contributed by atoms with Crippen molar-refractivity contribution in [3.63, 3.8) is 0 Å². The second-order valence-electron chi connectivity index (χ2n) is 9.63. The van der Waals surface area contributed by atoms with E-state index in [9.17, 15) is 14.0 Å². The lowest BCUT2D eigenvalue weighted by atomic mass is 10.0. The highest BCUT2D eigenvalue weighted by atomic mass is 79.9. The predicted octanol–water partition coefficient (Wildman–Crippen LogP) is 5.42. The number of carbonyl (C=O) groups is 2. The number of rotatable bonds is 4. The number of aromatic nitrogens is 2. The van der Waals surface area contributed by atoms with Crippen molar-refractivity contribution < 1.29 is 28.2 Å². The molecule has 0 bridgehead atoms. The number of anilines is 4. The fraction of sp³-hybridized carbons (Fsp3) is 0.333. The molecule has 40 heavy (non-hydrogen) atoms. The molecule has 1 fully saturated rings. The monoisotopic (exact) mass is 612 g/mol. The number of likely N-dealkylation sites (tertiary alicyclic amines) is 1. The number of urea groups is 1. The van der Waals surface area contributed by atoms with Crippen LogP contribution in [0.15, 0.2) is 47.1 Å². The van der Waals surface area contributed by atoms with Gasteiger partial charge in [0.15, 0.2) is 11.5 Å². The minimum atomic E-state index is -0.825. The lowest BCUT2D eigenvalue weighted by molar-refractivity contribution is -0.115. The fourth-order valence-electron chi connectivity index (χ4n) is 5.04. The van der Waals surface area contributed by atoms with Crippen molar-refractivity contribution in [2.75, 3.05) is 41.9 Å². The topological polar surface area (TPSA) is 109 Å². The molecule has 11 nitrogen and oxygen atoms in total. The second-order valence-corrected chi connectivity index (χ2v) is 10.5. The third-order valence-electron chi connectivity index (χ3n) is 7.06. The summed E-state index contributed by atoms with van der Waals surface area (Å²) in [5.74, 6) is 0.577. The molecule has 3 aromatic rings. The van der Waals surface area contributed by atoms with E-state index < -0.39 is 17.6 Å². The largest absolute Gasteiger partial charge is 0.450 e. The molecule has 1 N–H and O–H groups in total. The summed E-state index contributed by atoms with van der Waals surface area (Å²) in [4.78, 5) is 38.5. The molecule has 3 aliphatic heterocycles. The maximum absolute atomic E-state index is 14.6. The first-order chi connectivity index (χ1) is 19.3. The van der Waals surface area contributed by atoms with Crippen LogP contribution in [0.4, 0.5) is 37.1 Å². The van der Waals surface area contributed by atoms with E-state index in [-0.39, 0.29) is 24.3 Å². The zero-order valence-corrected chi connectivity index (χ0v) is 23.4. The molecular weight excluding hydrogens is 587 g/mol. The first-order valence-corrected chi connectivity index (χ1v) is 13.6. The standard InChI is InChI=1S/C27H26BrFN6O5/c1-3-38-26(37)34-11-9-27(10-12-34)39-20-8-7-17(13-21(20)40-27)31-24-30-14-16-15-35(25(36)33(2)23(16)32-24)22-18(28)5-4-6-19(22)29/h4-8,13-14H,3,9-12,15H2,1-2H3,(H,30,31,32). The Bertz CT molecular complexity index is 1480. The van der Waals surface area contributed by atoms with Crippen LogP contribution >= 0.6 is 15.9 Å². The first kappa shape index (κ1) is 26.1. The SMILES string of the molecule is CCOC(=O)N1CCC2(CC1)Oc1ccc(Nc3ncc4c(n3)N(C)C(=O)N(c3c(F)cccc3Br)C4)cc1O2. The average Bonchev–Trinajstić information content (AvgIpc) is 3.28. The smallest absolute Gasteiger partial charge is 0.409 e. The highest BCUT2D eigenvalue weighted by Crippen LogP contribution is 2.45. The third-order valence-corrected chi connectivity index (χ3v) is 7.70. The highest BCUT2D eigenvalue weighted by molar-refractivity contribution is 9.10. The summed E-state index contributed by atoms with van der Waals surface area (Å²) in [5, 5.41) is 3.16. The van der Waals surface area contributed by atoms with E-state index in [0.717, 1.165) is 0 Å². The van der Waals surface area contributed by atoms with Gasteiger partial charge in [-0.25, -0.2) is 19.0 Å². The van der Waals surface area contributed by atoms with Crippen molar-refractivity contribution in [2.24, 2.45) is 0 Å². The van der Waals surface area contributed by atoms with Crippen molar-refractivity contribution >= 4 is 51.2 Å². The molecule has 208 valence electrons. The molecule has 13 heteroatoms. The van der Waals surface area contributed by atoms with Gasteiger partial charge in [0.2, 0.25) is 5.95 Å². The number of amides is 3. The molecule has 1 spiro atoms. The van der Waals surface area contributed by atoms with E-state index in [2.05, 4.69) is 31.2 Å². The Morgan fingerprint density at radius 1 is 1.20 bits per heavy atom. The van der Waals surface area contributed by atoms with Gasteiger partial charge in [-0.05, 0) is 47.1 Å². The number of nitrogens with zero attached hydrogens (tertiary/aromatic N) is 5. The van der Waals surface area contributed by atoms with Gasteiger partial charge >= 0.3 is 12.1 Å². The maximum atomic E-state index is 14.6. The van der Waals surface area contributed by atoms with Gasteiger partial charge < -0.3 is 24.4 Å². The van der Waals surface area contributed by atoms with Gasteiger partial charge in [0.05, 0.1) is 18.8 Å². The van der Waals surface area contributed by atoms with Crippen molar-refractivity contribution in [3.8, 4) is 11.5 Å². The molecule has 3 amide bonds. The Kier molecular flexibility index (Phi) is 6.61.